The number of furan rings is 1. The quantitative estimate of drug-likeness (QED) is 0.103. The fraction of sp³-hybridized carbons (Fsp3) is 0.324. The van der Waals surface area contributed by atoms with E-state index in [-0.39, 0.29) is 54.6 Å². The molecule has 0 saturated carbocycles. The molecule has 51 heavy (non-hydrogen) atoms. The predicted octanol–water partition coefficient (Wildman–Crippen LogP) is 6.64. The highest BCUT2D eigenvalue weighted by atomic mass is 35.5. The van der Waals surface area contributed by atoms with E-state index in [1.807, 2.05) is 55.5 Å². The summed E-state index contributed by atoms with van der Waals surface area (Å²) in [5.41, 5.74) is 2.56. The van der Waals surface area contributed by atoms with Gasteiger partial charge in [-0.05, 0) is 81.3 Å². The molecule has 0 saturated heterocycles. The van der Waals surface area contributed by atoms with Gasteiger partial charge in [-0.15, -0.1) is 37.2 Å². The summed E-state index contributed by atoms with van der Waals surface area (Å²) in [7, 11) is 1.70. The molecule has 14 heteroatoms. The van der Waals surface area contributed by atoms with Crippen molar-refractivity contribution in [3.05, 3.63) is 101 Å². The molecule has 272 valence electrons. The molecule has 0 bridgehead atoms. The zero-order valence-electron chi connectivity index (χ0n) is 29.0. The number of hydrogen-bond acceptors (Lipinski definition) is 8. The van der Waals surface area contributed by atoms with Gasteiger partial charge in [0.15, 0.2) is 0 Å². The number of carbonyl (C=O) groups is 2. The molecule has 2 amide bonds. The van der Waals surface area contributed by atoms with Crippen LogP contribution in [0.3, 0.4) is 0 Å². The number of carbonyl (C=O) groups excluding carboxylic acids is 2. The summed E-state index contributed by atoms with van der Waals surface area (Å²) < 4.78 is 13.8. The van der Waals surface area contributed by atoms with Gasteiger partial charge in [0, 0.05) is 82.4 Å². The molecule has 0 atom stereocenters. The number of anilines is 2. The molecule has 1 aliphatic heterocycles. The minimum absolute atomic E-state index is 0. The predicted molar refractivity (Wildman–Crippen MR) is 207 cm³/mol. The zero-order chi connectivity index (χ0) is 33.8. The first-order valence-electron chi connectivity index (χ1n) is 16.2. The van der Waals surface area contributed by atoms with Gasteiger partial charge in [0.25, 0.3) is 5.56 Å². The second-order valence-corrected chi connectivity index (χ2v) is 12.5. The Labute approximate surface area is 315 Å². The van der Waals surface area contributed by atoms with Crippen molar-refractivity contribution in [2.45, 2.75) is 40.3 Å². The van der Waals surface area contributed by atoms with Crippen LogP contribution in [0.1, 0.15) is 32.8 Å². The lowest BCUT2D eigenvalue weighted by Gasteiger charge is -2.27. The van der Waals surface area contributed by atoms with E-state index in [9.17, 15) is 14.4 Å². The number of nitrogens with zero attached hydrogens (tertiary/aromatic N) is 6. The van der Waals surface area contributed by atoms with E-state index in [0.717, 1.165) is 24.1 Å². The number of benzene rings is 1. The first-order valence-corrected chi connectivity index (χ1v) is 16.2. The van der Waals surface area contributed by atoms with Gasteiger partial charge >= 0.3 is 0 Å². The van der Waals surface area contributed by atoms with Gasteiger partial charge in [0.1, 0.15) is 22.5 Å². The van der Waals surface area contributed by atoms with Crippen molar-refractivity contribution in [2.24, 2.45) is 5.41 Å². The molecular weight excluding hydrogens is 715 g/mol. The van der Waals surface area contributed by atoms with E-state index in [2.05, 4.69) is 14.9 Å². The van der Waals surface area contributed by atoms with E-state index < -0.39 is 5.41 Å². The van der Waals surface area contributed by atoms with E-state index in [0.29, 0.717) is 66.6 Å². The van der Waals surface area contributed by atoms with Gasteiger partial charge in [-0.3, -0.25) is 29.3 Å². The van der Waals surface area contributed by atoms with Crippen LogP contribution in [0.2, 0.25) is 0 Å². The van der Waals surface area contributed by atoms with Crippen LogP contribution in [-0.2, 0) is 22.7 Å². The summed E-state index contributed by atoms with van der Waals surface area (Å²) in [4.78, 5) is 53.6. The number of halogens is 3. The highest BCUT2D eigenvalue weighted by Gasteiger charge is 2.45. The monoisotopic (exact) mass is 756 g/mol. The minimum Gasteiger partial charge on any atom is -0.493 e. The molecule has 5 aromatic rings. The molecular formula is C37H43Cl3N6O5. The standard InChI is InChI=1S/C37H40N6O5.3ClH/c1-5-43-30-10-9-28(22-31(30)40(4)35(45)37(2,3)36(43)46)47-21-7-17-41(25-26-11-15-38-16-12-26)19-20-42-18-13-32-29(34(42)44)23-33(48-32)27-8-6-14-39-24-27;;;/h6,8-16,18,22-24H,5,7,17,19-21,25H2,1-4H3;3*1H. The topological polar surface area (TPSA) is 114 Å². The Morgan fingerprint density at radius 1 is 0.882 bits per heavy atom. The second-order valence-electron chi connectivity index (χ2n) is 12.5. The number of amides is 2. The molecule has 0 aliphatic carbocycles. The fourth-order valence-electron chi connectivity index (χ4n) is 6.12. The van der Waals surface area contributed by atoms with Gasteiger partial charge in [0.2, 0.25) is 11.8 Å². The summed E-state index contributed by atoms with van der Waals surface area (Å²) in [6.07, 6.45) is 9.48. The maximum atomic E-state index is 13.4. The maximum Gasteiger partial charge on any atom is 0.261 e. The van der Waals surface area contributed by atoms with E-state index in [1.54, 1.807) is 72.3 Å². The van der Waals surface area contributed by atoms with Crippen LogP contribution in [0.15, 0.2) is 94.8 Å². The Morgan fingerprint density at radius 2 is 1.65 bits per heavy atom. The molecule has 0 N–H and O–H groups in total. The SMILES string of the molecule is CCN1C(=O)C(C)(C)C(=O)N(C)c2cc(OCCCN(CCn3ccc4oc(-c5cccnc5)cc4c3=O)Cc3ccncc3)ccc21.Cl.Cl.Cl. The van der Waals surface area contributed by atoms with Crippen LogP contribution < -0.4 is 20.1 Å². The molecule has 0 spiro atoms. The molecule has 5 heterocycles. The van der Waals surface area contributed by atoms with Crippen LogP contribution in [-0.4, -0.2) is 64.5 Å². The number of fused-ring (bicyclic) bond motifs is 2. The summed E-state index contributed by atoms with van der Waals surface area (Å²) in [5.74, 6) is 0.765. The van der Waals surface area contributed by atoms with Gasteiger partial charge in [0.05, 0.1) is 23.4 Å². The largest absolute Gasteiger partial charge is 0.493 e. The molecule has 0 radical (unpaired) electrons. The Balaban J connectivity index is 0.00000234. The lowest BCUT2D eigenvalue weighted by molar-refractivity contribution is -0.137. The first-order chi connectivity index (χ1) is 23.2. The molecule has 0 fully saturated rings. The van der Waals surface area contributed by atoms with Crippen molar-refractivity contribution in [3.63, 3.8) is 0 Å². The van der Waals surface area contributed by atoms with Gasteiger partial charge in [-0.1, -0.05) is 0 Å². The van der Waals surface area contributed by atoms with Gasteiger partial charge in [-0.25, -0.2) is 0 Å². The molecule has 11 nitrogen and oxygen atoms in total. The number of aromatic nitrogens is 3. The fourth-order valence-corrected chi connectivity index (χ4v) is 6.12. The number of rotatable bonds is 12. The average molecular weight is 758 g/mol. The third kappa shape index (κ3) is 8.73. The minimum atomic E-state index is -1.17. The van der Waals surface area contributed by atoms with Crippen LogP contribution >= 0.6 is 37.2 Å². The van der Waals surface area contributed by atoms with Gasteiger partial charge in [-0.2, -0.15) is 0 Å². The van der Waals surface area contributed by atoms with Crippen LogP contribution in [0, 0.1) is 5.41 Å². The van der Waals surface area contributed by atoms with Crippen molar-refractivity contribution >= 4 is 71.4 Å². The van der Waals surface area contributed by atoms with E-state index in [1.165, 1.54) is 0 Å². The highest BCUT2D eigenvalue weighted by Crippen LogP contribution is 2.40. The van der Waals surface area contributed by atoms with Crippen molar-refractivity contribution < 1.29 is 18.7 Å². The van der Waals surface area contributed by atoms with Crippen LogP contribution in [0.4, 0.5) is 11.4 Å². The van der Waals surface area contributed by atoms with Crippen molar-refractivity contribution in [3.8, 4) is 17.1 Å². The molecule has 1 aliphatic rings. The summed E-state index contributed by atoms with van der Waals surface area (Å²) >= 11 is 0. The molecule has 4 aromatic heterocycles. The maximum absolute atomic E-state index is 13.4. The second kappa shape index (κ2) is 17.7. The summed E-state index contributed by atoms with van der Waals surface area (Å²) in [6, 6.07) is 16.9. The summed E-state index contributed by atoms with van der Waals surface area (Å²) in [5, 5.41) is 0.536. The first kappa shape index (κ1) is 41.0. The Hall–Kier alpha value is -4.42. The Kier molecular flexibility index (Phi) is 14.2. The lowest BCUT2D eigenvalue weighted by atomic mass is 9.90. The third-order valence-corrected chi connectivity index (χ3v) is 8.84. The Bertz CT molecular complexity index is 1990. The van der Waals surface area contributed by atoms with Crippen molar-refractivity contribution in [1.29, 1.82) is 0 Å². The van der Waals surface area contributed by atoms with Crippen molar-refractivity contribution in [2.75, 3.05) is 43.1 Å². The molecule has 1 aromatic carbocycles. The number of hydrogen-bond donors (Lipinski definition) is 0. The van der Waals surface area contributed by atoms with Crippen LogP contribution in [0.25, 0.3) is 22.3 Å². The number of pyridine rings is 3. The van der Waals surface area contributed by atoms with Gasteiger partial charge < -0.3 is 23.5 Å². The zero-order valence-corrected chi connectivity index (χ0v) is 31.4. The molecule has 6 rings (SSSR count). The highest BCUT2D eigenvalue weighted by molar-refractivity contribution is 6.20. The normalized spacial score (nSPS) is 13.6. The number of ether oxygens (including phenoxy) is 1. The van der Waals surface area contributed by atoms with E-state index in [4.69, 9.17) is 9.15 Å². The molecule has 0 unspecified atom stereocenters. The van der Waals surface area contributed by atoms with E-state index >= 15 is 0 Å². The Morgan fingerprint density at radius 3 is 2.35 bits per heavy atom. The summed E-state index contributed by atoms with van der Waals surface area (Å²) in [6.45, 7) is 8.72. The van der Waals surface area contributed by atoms with Crippen LogP contribution in [0.5, 0.6) is 5.75 Å². The van der Waals surface area contributed by atoms with Crippen molar-refractivity contribution in [1.82, 2.24) is 19.4 Å². The smallest absolute Gasteiger partial charge is 0.261 e. The lowest BCUT2D eigenvalue weighted by Crippen LogP contribution is -2.47. The average Bonchev–Trinajstić information content (AvgIpc) is 3.54. The third-order valence-electron chi connectivity index (χ3n) is 8.84.